The van der Waals surface area contributed by atoms with E-state index in [1.807, 2.05) is 19.9 Å². The SMILES string of the molecule is COCC(=O)N1CCN(c2cc(C(=N)c3cc(OC(C)C)ncc3N)ccn2)CC1.[HH]. The maximum Gasteiger partial charge on any atom is 0.248 e. The Morgan fingerprint density at radius 1 is 1.27 bits per heavy atom. The fourth-order valence-electron chi connectivity index (χ4n) is 3.27. The number of aromatic nitrogens is 2. The number of ether oxygens (including phenoxy) is 2. The van der Waals surface area contributed by atoms with Crippen molar-refractivity contribution in [2.24, 2.45) is 0 Å². The molecule has 1 saturated heterocycles. The van der Waals surface area contributed by atoms with Gasteiger partial charge in [0.1, 0.15) is 12.4 Å². The zero-order valence-electron chi connectivity index (χ0n) is 17.6. The molecular weight excluding hydrogens is 384 g/mol. The lowest BCUT2D eigenvalue weighted by Crippen LogP contribution is -2.50. The van der Waals surface area contributed by atoms with Crippen LogP contribution in [0.4, 0.5) is 11.5 Å². The standard InChI is InChI=1S/C21H28N6O3.H2/c1-14(2)30-19-11-16(17(22)12-25-19)21(23)15-4-5-24-18(10-15)26-6-8-27(9-7-26)20(28)13-29-3;/h4-5,10-12,14,23H,6-9,13,22H2,1-3H3;1H. The van der Waals surface area contributed by atoms with Crippen LogP contribution in [0.2, 0.25) is 0 Å². The van der Waals surface area contributed by atoms with E-state index in [4.69, 9.17) is 20.6 Å². The van der Waals surface area contributed by atoms with E-state index in [1.54, 1.807) is 23.2 Å². The van der Waals surface area contributed by atoms with Crippen molar-refractivity contribution in [3.63, 3.8) is 0 Å². The number of anilines is 2. The van der Waals surface area contributed by atoms with Gasteiger partial charge in [-0.25, -0.2) is 9.97 Å². The fraction of sp³-hybridized carbons (Fsp3) is 0.429. The number of hydrogen-bond donors (Lipinski definition) is 2. The Morgan fingerprint density at radius 3 is 2.67 bits per heavy atom. The van der Waals surface area contributed by atoms with E-state index in [0.717, 1.165) is 5.82 Å². The van der Waals surface area contributed by atoms with Gasteiger partial charge in [-0.05, 0) is 26.0 Å². The summed E-state index contributed by atoms with van der Waals surface area (Å²) in [4.78, 5) is 24.5. The Labute approximate surface area is 177 Å². The monoisotopic (exact) mass is 414 g/mol. The number of nitrogens with two attached hydrogens (primary N) is 1. The Balaban J connectivity index is 0.00000341. The first-order valence-electron chi connectivity index (χ1n) is 9.88. The number of hydrogen-bond acceptors (Lipinski definition) is 8. The molecule has 0 spiro atoms. The number of amides is 1. The van der Waals surface area contributed by atoms with Crippen LogP contribution in [0.15, 0.2) is 30.6 Å². The molecule has 3 heterocycles. The summed E-state index contributed by atoms with van der Waals surface area (Å²) in [5.74, 6) is 1.20. The minimum Gasteiger partial charge on any atom is -0.475 e. The van der Waals surface area contributed by atoms with Gasteiger partial charge >= 0.3 is 0 Å². The normalized spacial score (nSPS) is 14.1. The molecule has 0 bridgehead atoms. The molecule has 0 aromatic carbocycles. The predicted octanol–water partition coefficient (Wildman–Crippen LogP) is 1.80. The molecule has 9 nitrogen and oxygen atoms in total. The van der Waals surface area contributed by atoms with Crippen molar-refractivity contribution >= 4 is 23.1 Å². The van der Waals surface area contributed by atoms with Crippen LogP contribution in [0.25, 0.3) is 0 Å². The summed E-state index contributed by atoms with van der Waals surface area (Å²) in [6.07, 6.45) is 3.18. The number of nitrogens with zero attached hydrogens (tertiary/aromatic N) is 4. The van der Waals surface area contributed by atoms with Gasteiger partial charge in [0.05, 0.1) is 23.7 Å². The number of nitrogen functional groups attached to an aromatic ring is 1. The molecule has 1 fully saturated rings. The first-order chi connectivity index (χ1) is 14.4. The Morgan fingerprint density at radius 2 is 2.00 bits per heavy atom. The van der Waals surface area contributed by atoms with E-state index >= 15 is 0 Å². The first-order valence-corrected chi connectivity index (χ1v) is 9.88. The molecule has 1 aliphatic rings. The van der Waals surface area contributed by atoms with Crippen molar-refractivity contribution in [1.29, 1.82) is 5.41 Å². The highest BCUT2D eigenvalue weighted by atomic mass is 16.5. The number of carbonyl (C=O) groups excluding carboxylic acids is 1. The van der Waals surface area contributed by atoms with Gasteiger partial charge in [0.25, 0.3) is 0 Å². The average Bonchev–Trinajstić information content (AvgIpc) is 2.74. The third kappa shape index (κ3) is 5.04. The second kappa shape index (κ2) is 9.53. The highest BCUT2D eigenvalue weighted by molar-refractivity contribution is 6.14. The molecule has 3 rings (SSSR count). The Hall–Kier alpha value is -3.20. The van der Waals surface area contributed by atoms with E-state index in [-0.39, 0.29) is 25.8 Å². The summed E-state index contributed by atoms with van der Waals surface area (Å²) in [7, 11) is 1.52. The van der Waals surface area contributed by atoms with Gasteiger partial charge in [-0.1, -0.05) is 0 Å². The largest absolute Gasteiger partial charge is 0.475 e. The smallest absolute Gasteiger partial charge is 0.248 e. The van der Waals surface area contributed by atoms with Crippen LogP contribution >= 0.6 is 0 Å². The minimum absolute atomic E-state index is 0. The van der Waals surface area contributed by atoms with E-state index in [0.29, 0.717) is 48.9 Å². The van der Waals surface area contributed by atoms with Crippen LogP contribution in [0, 0.1) is 5.41 Å². The minimum atomic E-state index is -0.0230. The molecule has 0 atom stereocenters. The predicted molar refractivity (Wildman–Crippen MR) is 117 cm³/mol. The molecule has 0 radical (unpaired) electrons. The van der Waals surface area contributed by atoms with Crippen LogP contribution in [-0.4, -0.2) is 72.5 Å². The summed E-state index contributed by atoms with van der Waals surface area (Å²) >= 11 is 0. The van der Waals surface area contributed by atoms with Gasteiger partial charge < -0.3 is 25.0 Å². The second-order valence-corrected chi connectivity index (χ2v) is 7.35. The fourth-order valence-corrected chi connectivity index (χ4v) is 3.27. The summed E-state index contributed by atoms with van der Waals surface area (Å²) in [5.41, 5.74) is 8.03. The molecular formula is C21H30N6O3. The molecule has 2 aromatic rings. The topological polar surface area (TPSA) is 118 Å². The van der Waals surface area contributed by atoms with Gasteiger partial charge in [-0.15, -0.1) is 0 Å². The maximum absolute atomic E-state index is 12.0. The highest BCUT2D eigenvalue weighted by Gasteiger charge is 2.22. The van der Waals surface area contributed by atoms with Gasteiger partial charge in [0.15, 0.2) is 0 Å². The molecule has 2 aromatic heterocycles. The van der Waals surface area contributed by atoms with Crippen LogP contribution in [0.5, 0.6) is 5.88 Å². The van der Waals surface area contributed by atoms with Gasteiger partial charge in [-0.2, -0.15) is 0 Å². The lowest BCUT2D eigenvalue weighted by molar-refractivity contribution is -0.135. The summed E-state index contributed by atoms with van der Waals surface area (Å²) in [5, 5.41) is 8.66. The lowest BCUT2D eigenvalue weighted by Gasteiger charge is -2.35. The van der Waals surface area contributed by atoms with Crippen molar-refractivity contribution in [1.82, 2.24) is 14.9 Å². The van der Waals surface area contributed by atoms with Gasteiger partial charge in [-0.3, -0.25) is 10.2 Å². The van der Waals surface area contributed by atoms with Gasteiger partial charge in [0, 0.05) is 58.1 Å². The molecule has 162 valence electrons. The second-order valence-electron chi connectivity index (χ2n) is 7.35. The van der Waals surface area contributed by atoms with Crippen molar-refractivity contribution < 1.29 is 15.7 Å². The number of carbonyl (C=O) groups is 1. The summed E-state index contributed by atoms with van der Waals surface area (Å²) in [6, 6.07) is 5.35. The van der Waals surface area contributed by atoms with Crippen molar-refractivity contribution in [2.45, 2.75) is 20.0 Å². The number of piperazine rings is 1. The molecule has 1 aliphatic heterocycles. The average molecular weight is 415 g/mol. The highest BCUT2D eigenvalue weighted by Crippen LogP contribution is 2.23. The van der Waals surface area contributed by atoms with E-state index in [9.17, 15) is 4.79 Å². The third-order valence-corrected chi connectivity index (χ3v) is 4.79. The van der Waals surface area contributed by atoms with Crippen molar-refractivity contribution in [2.75, 3.05) is 50.5 Å². The van der Waals surface area contributed by atoms with Crippen molar-refractivity contribution in [3.8, 4) is 5.88 Å². The van der Waals surface area contributed by atoms with Gasteiger partial charge in [0.2, 0.25) is 11.8 Å². The van der Waals surface area contributed by atoms with E-state index < -0.39 is 0 Å². The molecule has 1 amide bonds. The number of methoxy groups -OCH3 is 1. The Kier molecular flexibility index (Phi) is 6.83. The summed E-state index contributed by atoms with van der Waals surface area (Å²) in [6.45, 7) is 6.49. The molecule has 0 saturated carbocycles. The zero-order chi connectivity index (χ0) is 21.7. The van der Waals surface area contributed by atoms with Crippen LogP contribution in [0.1, 0.15) is 26.4 Å². The molecule has 3 N–H and O–H groups in total. The van der Waals surface area contributed by atoms with E-state index in [1.165, 1.54) is 13.3 Å². The maximum atomic E-state index is 12.0. The molecule has 30 heavy (non-hydrogen) atoms. The number of pyridine rings is 2. The zero-order valence-corrected chi connectivity index (χ0v) is 17.6. The lowest BCUT2D eigenvalue weighted by atomic mass is 10.0. The summed E-state index contributed by atoms with van der Waals surface area (Å²) < 4.78 is 10.6. The molecule has 0 unspecified atom stereocenters. The number of rotatable bonds is 7. The first kappa shape index (κ1) is 21.5. The van der Waals surface area contributed by atoms with E-state index in [2.05, 4.69) is 14.9 Å². The van der Waals surface area contributed by atoms with Crippen molar-refractivity contribution in [3.05, 3.63) is 41.7 Å². The molecule has 0 aliphatic carbocycles. The van der Waals surface area contributed by atoms with Crippen LogP contribution < -0.4 is 15.4 Å². The van der Waals surface area contributed by atoms with Crippen LogP contribution in [0.3, 0.4) is 0 Å². The number of nitrogens with one attached hydrogen (secondary N) is 1. The Bertz CT molecular complexity index is 916. The molecule has 9 heteroatoms. The quantitative estimate of drug-likeness (QED) is 0.663. The third-order valence-electron chi connectivity index (χ3n) is 4.79. The van der Waals surface area contributed by atoms with Crippen LogP contribution in [-0.2, 0) is 9.53 Å².